The van der Waals surface area contributed by atoms with Crippen molar-refractivity contribution < 1.29 is 9.72 Å². The molecule has 160 valence electrons. The van der Waals surface area contributed by atoms with Crippen molar-refractivity contribution in [1.29, 1.82) is 0 Å². The lowest BCUT2D eigenvalue weighted by atomic mass is 10.1. The van der Waals surface area contributed by atoms with E-state index >= 15 is 0 Å². The van der Waals surface area contributed by atoms with Gasteiger partial charge in [0.2, 0.25) is 0 Å². The Labute approximate surface area is 184 Å². The highest BCUT2D eigenvalue weighted by atomic mass is 16.6. The molecule has 0 saturated carbocycles. The first-order valence-corrected chi connectivity index (χ1v) is 10.3. The summed E-state index contributed by atoms with van der Waals surface area (Å²) >= 11 is 0. The molecule has 0 unspecified atom stereocenters. The number of nitro groups is 1. The number of rotatable bonds is 4. The number of carbonyl (C=O) groups excluding carboxylic acids is 1. The summed E-state index contributed by atoms with van der Waals surface area (Å²) < 4.78 is 3.91. The Hall–Kier alpha value is -4.20. The summed E-state index contributed by atoms with van der Waals surface area (Å²) in [6, 6.07) is 16.2. The van der Waals surface area contributed by atoms with Crippen LogP contribution in [0, 0.1) is 24.0 Å². The fourth-order valence-corrected chi connectivity index (χ4v) is 4.28. The van der Waals surface area contributed by atoms with Crippen molar-refractivity contribution >= 4 is 11.6 Å². The third kappa shape index (κ3) is 3.17. The highest BCUT2D eigenvalue weighted by Gasteiger charge is 2.34. The quantitative estimate of drug-likeness (QED) is 0.358. The van der Waals surface area contributed by atoms with E-state index < -0.39 is 4.92 Å². The van der Waals surface area contributed by atoms with E-state index in [9.17, 15) is 14.9 Å². The van der Waals surface area contributed by atoms with Crippen LogP contribution < -0.4 is 0 Å². The summed E-state index contributed by atoms with van der Waals surface area (Å²) in [6.07, 6.45) is 3.90. The van der Waals surface area contributed by atoms with Gasteiger partial charge < -0.3 is 9.47 Å². The van der Waals surface area contributed by atoms with Gasteiger partial charge >= 0.3 is 0 Å². The topological polar surface area (TPSA) is 86.2 Å². The molecule has 5 rings (SSSR count). The third-order valence-corrected chi connectivity index (χ3v) is 5.78. The number of hydrogen-bond acceptors (Lipinski definition) is 4. The summed E-state index contributed by atoms with van der Waals surface area (Å²) in [5.74, 6) is 0.502. The van der Waals surface area contributed by atoms with Gasteiger partial charge in [0.25, 0.3) is 11.6 Å². The smallest absolute Gasteiger partial charge is 0.282 e. The molecule has 32 heavy (non-hydrogen) atoms. The Morgan fingerprint density at radius 2 is 1.78 bits per heavy atom. The van der Waals surface area contributed by atoms with E-state index in [4.69, 9.17) is 5.10 Å². The zero-order chi connectivity index (χ0) is 22.4. The Kier molecular flexibility index (Phi) is 4.62. The molecule has 8 heteroatoms. The molecule has 0 spiro atoms. The van der Waals surface area contributed by atoms with Gasteiger partial charge in [0.1, 0.15) is 11.4 Å². The van der Waals surface area contributed by atoms with E-state index in [1.54, 1.807) is 17.0 Å². The molecule has 2 aromatic carbocycles. The normalized spacial score (nSPS) is 12.8. The minimum Gasteiger partial charge on any atom is -0.328 e. The number of aryl methyl sites for hydroxylation is 2. The first-order valence-electron chi connectivity index (χ1n) is 10.3. The molecule has 8 nitrogen and oxygen atoms in total. The Bertz CT molecular complexity index is 1350. The van der Waals surface area contributed by atoms with E-state index in [-0.39, 0.29) is 17.2 Å². The first-order chi connectivity index (χ1) is 15.4. The molecular formula is C24H21N5O3. The molecule has 3 heterocycles. The van der Waals surface area contributed by atoms with Crippen molar-refractivity contribution in [2.75, 3.05) is 0 Å². The van der Waals surface area contributed by atoms with Gasteiger partial charge in [-0.15, -0.1) is 0 Å². The summed E-state index contributed by atoms with van der Waals surface area (Å²) in [6.45, 7) is 4.74. The molecule has 0 saturated heterocycles. The highest BCUT2D eigenvalue weighted by Crippen LogP contribution is 2.33. The number of hydrogen-bond donors (Lipinski definition) is 0. The van der Waals surface area contributed by atoms with Gasteiger partial charge in [-0.1, -0.05) is 29.8 Å². The average molecular weight is 427 g/mol. The molecule has 0 bridgehead atoms. The van der Waals surface area contributed by atoms with E-state index in [0.29, 0.717) is 13.1 Å². The summed E-state index contributed by atoms with van der Waals surface area (Å²) in [4.78, 5) is 25.6. The van der Waals surface area contributed by atoms with Crippen LogP contribution in [0.25, 0.3) is 11.5 Å². The number of carbonyl (C=O) groups is 1. The second-order valence-corrected chi connectivity index (χ2v) is 7.98. The Balaban J connectivity index is 1.56. The zero-order valence-electron chi connectivity index (χ0n) is 17.7. The lowest BCUT2D eigenvalue weighted by molar-refractivity contribution is -0.385. The van der Waals surface area contributed by atoms with Crippen LogP contribution in [0.2, 0.25) is 0 Å². The first kappa shape index (κ1) is 19.7. The molecule has 4 aromatic rings. The lowest BCUT2D eigenvalue weighted by Gasteiger charge is -2.18. The molecule has 1 aliphatic heterocycles. The van der Waals surface area contributed by atoms with Crippen LogP contribution in [0.1, 0.15) is 32.7 Å². The van der Waals surface area contributed by atoms with Gasteiger partial charge in [0.05, 0.1) is 29.4 Å². The number of nitrogens with zero attached hydrogens (tertiary/aromatic N) is 5. The third-order valence-electron chi connectivity index (χ3n) is 5.78. The van der Waals surface area contributed by atoms with Crippen molar-refractivity contribution in [1.82, 2.24) is 19.2 Å². The van der Waals surface area contributed by atoms with Crippen LogP contribution >= 0.6 is 0 Å². The molecule has 2 aromatic heterocycles. The maximum Gasteiger partial charge on any atom is 0.282 e. The second kappa shape index (κ2) is 7.49. The lowest BCUT2D eigenvalue weighted by Crippen LogP contribution is -2.27. The SMILES string of the molecule is Cc1ccc(-n2nc3c(c2-n2cccc2)CN(C(=O)c2ccccc2[N+](=O)[O-])C3)c(C)c1. The molecule has 0 fully saturated rings. The number of fused-ring (bicyclic) bond motifs is 1. The Morgan fingerprint density at radius 3 is 2.50 bits per heavy atom. The average Bonchev–Trinajstić information content (AvgIpc) is 3.49. The molecule has 1 amide bonds. The molecule has 0 radical (unpaired) electrons. The van der Waals surface area contributed by atoms with Crippen LogP contribution in [0.5, 0.6) is 0 Å². The van der Waals surface area contributed by atoms with Crippen molar-refractivity contribution in [3.8, 4) is 11.5 Å². The number of aromatic nitrogens is 3. The Morgan fingerprint density at radius 1 is 1.03 bits per heavy atom. The van der Waals surface area contributed by atoms with Crippen molar-refractivity contribution in [2.45, 2.75) is 26.9 Å². The van der Waals surface area contributed by atoms with Crippen molar-refractivity contribution in [3.05, 3.63) is 105 Å². The summed E-state index contributed by atoms with van der Waals surface area (Å²) in [5.41, 5.74) is 4.89. The highest BCUT2D eigenvalue weighted by molar-refractivity contribution is 5.98. The fourth-order valence-electron chi connectivity index (χ4n) is 4.28. The fraction of sp³-hybridized carbons (Fsp3) is 0.167. The van der Waals surface area contributed by atoms with Crippen LogP contribution in [0.15, 0.2) is 67.0 Å². The largest absolute Gasteiger partial charge is 0.328 e. The zero-order valence-corrected chi connectivity index (χ0v) is 17.7. The van der Waals surface area contributed by atoms with Gasteiger partial charge in [-0.05, 0) is 43.7 Å². The van der Waals surface area contributed by atoms with Crippen LogP contribution in [-0.4, -0.2) is 30.1 Å². The molecular weight excluding hydrogens is 406 g/mol. The minimum atomic E-state index is -0.520. The van der Waals surface area contributed by atoms with E-state index in [1.165, 1.54) is 17.7 Å². The van der Waals surface area contributed by atoms with Crippen LogP contribution in [0.3, 0.4) is 0 Å². The van der Waals surface area contributed by atoms with E-state index in [2.05, 4.69) is 32.0 Å². The maximum absolute atomic E-state index is 13.2. The molecule has 0 aliphatic carbocycles. The summed E-state index contributed by atoms with van der Waals surface area (Å²) in [7, 11) is 0. The van der Waals surface area contributed by atoms with Gasteiger partial charge in [-0.3, -0.25) is 14.9 Å². The number of nitro benzene ring substituents is 1. The van der Waals surface area contributed by atoms with Gasteiger partial charge in [0, 0.05) is 24.0 Å². The molecule has 1 aliphatic rings. The minimum absolute atomic E-state index is 0.0902. The number of para-hydroxylation sites is 1. The number of amides is 1. The predicted molar refractivity (Wildman–Crippen MR) is 119 cm³/mol. The van der Waals surface area contributed by atoms with Crippen molar-refractivity contribution in [3.63, 3.8) is 0 Å². The van der Waals surface area contributed by atoms with Gasteiger partial charge in [-0.25, -0.2) is 4.68 Å². The van der Waals surface area contributed by atoms with Gasteiger partial charge in [0.15, 0.2) is 0 Å². The van der Waals surface area contributed by atoms with E-state index in [1.807, 2.05) is 33.8 Å². The van der Waals surface area contributed by atoms with Crippen LogP contribution in [0.4, 0.5) is 5.69 Å². The molecule has 0 N–H and O–H groups in total. The van der Waals surface area contributed by atoms with Crippen molar-refractivity contribution in [2.24, 2.45) is 0 Å². The monoisotopic (exact) mass is 427 g/mol. The summed E-state index contributed by atoms with van der Waals surface area (Å²) in [5, 5.41) is 16.3. The predicted octanol–water partition coefficient (Wildman–Crippen LogP) is 4.34. The standard InChI is InChI=1S/C24H21N5O3/c1-16-9-10-21(17(2)13-16)28-23(26-11-5-6-12-26)19-14-27(15-20(19)25-28)24(30)18-7-3-4-8-22(18)29(31)32/h3-13H,14-15H2,1-2H3. The maximum atomic E-state index is 13.2. The number of benzene rings is 2. The van der Waals surface area contributed by atoms with E-state index in [0.717, 1.165) is 28.3 Å². The second-order valence-electron chi connectivity index (χ2n) is 7.98. The van der Waals surface area contributed by atoms with Crippen LogP contribution in [-0.2, 0) is 13.1 Å². The van der Waals surface area contributed by atoms with Gasteiger partial charge in [-0.2, -0.15) is 5.10 Å². The molecule has 0 atom stereocenters.